The Bertz CT molecular complexity index is 1880. The van der Waals surface area contributed by atoms with Gasteiger partial charge in [0.05, 0.1) is 31.0 Å². The van der Waals surface area contributed by atoms with Crippen LogP contribution in [0.25, 0.3) is 22.4 Å². The summed E-state index contributed by atoms with van der Waals surface area (Å²) in [5.74, 6) is -3.01. The Balaban J connectivity index is 1.40. The Hall–Kier alpha value is -5.08. The summed E-state index contributed by atoms with van der Waals surface area (Å²) in [6.07, 6.45) is 5.29. The summed E-state index contributed by atoms with van der Waals surface area (Å²) < 4.78 is 36.0. The molecule has 5 aromatic heterocycles. The van der Waals surface area contributed by atoms with Gasteiger partial charge in [-0.25, -0.2) is 14.8 Å². The molecule has 0 atom stereocenters. The van der Waals surface area contributed by atoms with Crippen molar-refractivity contribution in [3.63, 3.8) is 0 Å². The molecule has 0 radical (unpaired) electrons. The van der Waals surface area contributed by atoms with Crippen molar-refractivity contribution in [1.82, 2.24) is 38.8 Å². The van der Waals surface area contributed by atoms with Gasteiger partial charge in [0.1, 0.15) is 23.7 Å². The molecule has 0 unspecified atom stereocenters. The highest BCUT2D eigenvalue weighted by Gasteiger charge is 2.28. The van der Waals surface area contributed by atoms with Gasteiger partial charge in [0, 0.05) is 31.8 Å². The van der Waals surface area contributed by atoms with Crippen LogP contribution >= 0.6 is 0 Å². The Kier molecular flexibility index (Phi) is 6.57. The number of fused-ring (bicyclic) bond motifs is 1. The second-order valence-electron chi connectivity index (χ2n) is 9.32. The van der Waals surface area contributed by atoms with Crippen LogP contribution in [0.2, 0.25) is 0 Å². The average Bonchev–Trinajstić information content (AvgIpc) is 3.50. The molecule has 0 saturated carbocycles. The van der Waals surface area contributed by atoms with Crippen molar-refractivity contribution in [1.29, 1.82) is 0 Å². The Morgan fingerprint density at radius 2 is 1.90 bits per heavy atom. The van der Waals surface area contributed by atoms with Crippen LogP contribution in [-0.2, 0) is 30.9 Å². The summed E-state index contributed by atoms with van der Waals surface area (Å²) in [6.45, 7) is 3.54. The van der Waals surface area contributed by atoms with Crippen LogP contribution < -0.4 is 16.6 Å². The Labute approximate surface area is 224 Å². The number of rotatable bonds is 7. The van der Waals surface area contributed by atoms with Gasteiger partial charge in [0.25, 0.3) is 11.5 Å². The third kappa shape index (κ3) is 5.00. The number of aryl methyl sites for hydroxylation is 3. The van der Waals surface area contributed by atoms with Crippen LogP contribution in [0.15, 0.2) is 51.2 Å². The predicted molar refractivity (Wildman–Crippen MR) is 138 cm³/mol. The number of amides is 1. The van der Waals surface area contributed by atoms with Gasteiger partial charge in [-0.3, -0.25) is 28.7 Å². The van der Waals surface area contributed by atoms with Crippen molar-refractivity contribution in [2.45, 2.75) is 39.8 Å². The number of carbonyl (C=O) groups is 1. The van der Waals surface area contributed by atoms with E-state index in [2.05, 4.69) is 30.4 Å². The summed E-state index contributed by atoms with van der Waals surface area (Å²) in [5.41, 5.74) is 0.0116. The highest BCUT2D eigenvalue weighted by Crippen LogP contribution is 2.30. The molecule has 5 heterocycles. The monoisotopic (exact) mass is 551 g/mol. The minimum absolute atomic E-state index is 0.0478. The molecule has 0 aliphatic heterocycles. The normalized spacial score (nSPS) is 11.8. The number of nitrogens with one attached hydrogen (secondary N) is 1. The predicted octanol–water partition coefficient (Wildman–Crippen LogP) is 2.15. The zero-order chi connectivity index (χ0) is 28.8. The zero-order valence-corrected chi connectivity index (χ0v) is 21.8. The van der Waals surface area contributed by atoms with E-state index >= 15 is 0 Å². The van der Waals surface area contributed by atoms with Gasteiger partial charge in [-0.2, -0.15) is 8.78 Å². The lowest BCUT2D eigenvalue weighted by molar-refractivity contribution is -0.116. The van der Waals surface area contributed by atoms with Gasteiger partial charge in [0.15, 0.2) is 17.0 Å². The number of pyridine rings is 1. The third-order valence-electron chi connectivity index (χ3n) is 6.10. The fraction of sp³-hybridized carbons (Fsp3) is 0.280. The van der Waals surface area contributed by atoms with E-state index in [9.17, 15) is 23.2 Å². The molecule has 15 heteroatoms. The molecule has 5 rings (SSSR count). The summed E-state index contributed by atoms with van der Waals surface area (Å²) in [7, 11) is 1.47. The standard InChI is InChI=1S/C25H23F2N9O4/c1-13-5-15(7-29-21(13)25(3,26)27)17-8-28-9-18(31-17)32-19(37)11-35-12-30-22-20(35)23(38)36(24(39)34(22)4)10-16-6-14(2)40-33-16/h5-9,12H,10-11H2,1-4H3,(H,31,32,37). The first kappa shape index (κ1) is 26.5. The maximum absolute atomic E-state index is 13.7. The fourth-order valence-corrected chi connectivity index (χ4v) is 4.31. The van der Waals surface area contributed by atoms with E-state index in [0.717, 1.165) is 11.5 Å². The maximum atomic E-state index is 13.7. The number of carbonyl (C=O) groups excluding carboxylic acids is 1. The van der Waals surface area contributed by atoms with Crippen LogP contribution in [-0.4, -0.2) is 44.7 Å². The first-order valence-electron chi connectivity index (χ1n) is 12.0. The van der Waals surface area contributed by atoms with Gasteiger partial charge in [-0.1, -0.05) is 5.16 Å². The molecule has 5 aromatic rings. The van der Waals surface area contributed by atoms with Crippen LogP contribution in [0.4, 0.5) is 14.6 Å². The van der Waals surface area contributed by atoms with Crippen molar-refractivity contribution in [2.75, 3.05) is 5.32 Å². The first-order valence-corrected chi connectivity index (χ1v) is 12.0. The largest absolute Gasteiger partial charge is 0.361 e. The van der Waals surface area contributed by atoms with Crippen LogP contribution in [0.5, 0.6) is 0 Å². The molecule has 13 nitrogen and oxygen atoms in total. The molecule has 0 bridgehead atoms. The molecule has 0 aromatic carbocycles. The lowest BCUT2D eigenvalue weighted by Gasteiger charge is -2.13. The lowest BCUT2D eigenvalue weighted by Crippen LogP contribution is -2.40. The van der Waals surface area contributed by atoms with E-state index in [1.54, 1.807) is 13.0 Å². The van der Waals surface area contributed by atoms with Gasteiger partial charge >= 0.3 is 5.69 Å². The van der Waals surface area contributed by atoms with E-state index in [0.29, 0.717) is 22.7 Å². The number of nitrogens with zero attached hydrogens (tertiary/aromatic N) is 8. The molecule has 0 fully saturated rings. The topological polar surface area (TPSA) is 156 Å². The molecular formula is C25H23F2N9O4. The zero-order valence-electron chi connectivity index (χ0n) is 21.8. The number of alkyl halides is 2. The number of hydrogen-bond acceptors (Lipinski definition) is 9. The quantitative estimate of drug-likeness (QED) is 0.320. The van der Waals surface area contributed by atoms with Crippen LogP contribution in [0.1, 0.15) is 29.6 Å². The first-order chi connectivity index (χ1) is 18.9. The van der Waals surface area contributed by atoms with Gasteiger partial charge in [-0.05, 0) is 25.5 Å². The molecule has 0 aliphatic rings. The molecule has 1 amide bonds. The SMILES string of the molecule is Cc1cc(Cn2c(=O)c3c(ncn3CC(=O)Nc3cncc(-c4cnc(C(C)(F)F)c(C)c4)n3)n(C)c2=O)no1. The van der Waals surface area contributed by atoms with E-state index in [4.69, 9.17) is 4.52 Å². The van der Waals surface area contributed by atoms with E-state index < -0.39 is 23.1 Å². The average molecular weight is 552 g/mol. The fourth-order valence-electron chi connectivity index (χ4n) is 4.31. The molecule has 0 aliphatic carbocycles. The Morgan fingerprint density at radius 3 is 2.58 bits per heavy atom. The molecule has 1 N–H and O–H groups in total. The lowest BCUT2D eigenvalue weighted by atomic mass is 10.1. The maximum Gasteiger partial charge on any atom is 0.332 e. The van der Waals surface area contributed by atoms with Gasteiger partial charge < -0.3 is 14.4 Å². The minimum Gasteiger partial charge on any atom is -0.361 e. The second-order valence-corrected chi connectivity index (χ2v) is 9.32. The van der Waals surface area contributed by atoms with Crippen molar-refractivity contribution >= 4 is 22.9 Å². The number of imidazole rings is 1. The second kappa shape index (κ2) is 9.91. The van der Waals surface area contributed by atoms with Crippen molar-refractivity contribution in [2.24, 2.45) is 7.05 Å². The summed E-state index contributed by atoms with van der Waals surface area (Å²) >= 11 is 0. The summed E-state index contributed by atoms with van der Waals surface area (Å²) in [4.78, 5) is 55.4. The smallest absolute Gasteiger partial charge is 0.332 e. The van der Waals surface area contributed by atoms with Crippen LogP contribution in [0, 0.1) is 13.8 Å². The minimum atomic E-state index is -3.09. The summed E-state index contributed by atoms with van der Waals surface area (Å²) in [6, 6.07) is 3.13. The van der Waals surface area contributed by atoms with Gasteiger partial charge in [-0.15, -0.1) is 0 Å². The third-order valence-corrected chi connectivity index (χ3v) is 6.10. The van der Waals surface area contributed by atoms with Crippen molar-refractivity contribution in [3.05, 3.63) is 80.6 Å². The van der Waals surface area contributed by atoms with E-state index in [-0.39, 0.29) is 41.3 Å². The highest BCUT2D eigenvalue weighted by atomic mass is 19.3. The van der Waals surface area contributed by atoms with Gasteiger partial charge in [0.2, 0.25) is 5.91 Å². The molecule has 40 heavy (non-hydrogen) atoms. The highest BCUT2D eigenvalue weighted by molar-refractivity contribution is 5.90. The molecule has 206 valence electrons. The number of halogens is 2. The van der Waals surface area contributed by atoms with Crippen molar-refractivity contribution in [3.8, 4) is 11.3 Å². The van der Waals surface area contributed by atoms with Crippen LogP contribution in [0.3, 0.4) is 0 Å². The van der Waals surface area contributed by atoms with Crippen molar-refractivity contribution < 1.29 is 18.1 Å². The molecule has 0 saturated heterocycles. The number of aromatic nitrogens is 8. The van der Waals surface area contributed by atoms with E-state index in [1.807, 2.05) is 0 Å². The molecular weight excluding hydrogens is 528 g/mol. The Morgan fingerprint density at radius 1 is 1.12 bits per heavy atom. The number of hydrogen-bond donors (Lipinski definition) is 1. The summed E-state index contributed by atoms with van der Waals surface area (Å²) in [5, 5.41) is 6.44. The molecule has 0 spiro atoms. The number of anilines is 1. The van der Waals surface area contributed by atoms with E-state index in [1.165, 1.54) is 54.1 Å².